The van der Waals surface area contributed by atoms with Crippen molar-refractivity contribution in [1.29, 1.82) is 0 Å². The van der Waals surface area contributed by atoms with Gasteiger partial charge in [-0.1, -0.05) is 0 Å². The fourth-order valence-corrected chi connectivity index (χ4v) is 0. The zero-order valence-electron chi connectivity index (χ0n) is 4.77. The number of rotatable bonds is 0. The van der Waals surface area contributed by atoms with Crippen LogP contribution in [0.15, 0.2) is 0 Å². The summed E-state index contributed by atoms with van der Waals surface area (Å²) in [6.45, 7) is -0.250. The van der Waals surface area contributed by atoms with Gasteiger partial charge in [0.05, 0.1) is 0 Å². The van der Waals surface area contributed by atoms with E-state index in [1.54, 1.807) is 0 Å². The number of hydrogen-bond acceptors (Lipinski definition) is 1. The van der Waals surface area contributed by atoms with Crippen molar-refractivity contribution in [2.45, 2.75) is 9.85 Å². The third-order valence-electron chi connectivity index (χ3n) is 0.401. The van der Waals surface area contributed by atoms with Crippen molar-refractivity contribution in [1.82, 2.24) is 0 Å². The Kier molecular flexibility index (Phi) is 8.50. The molecule has 0 aliphatic heterocycles. The van der Waals surface area contributed by atoms with E-state index in [-0.39, 0.29) is 34.4 Å². The average molecular weight is 152 g/mol. The summed E-state index contributed by atoms with van der Waals surface area (Å²) in [5.74, 6) is 0. The second kappa shape index (κ2) is 6.38. The number of carbonyl (C=O) groups is 1. The summed E-state index contributed by atoms with van der Waals surface area (Å²) in [5.41, 5.74) is 0. The molecule has 1 N–H and O–H groups in total. The molecule has 9 heavy (non-hydrogen) atoms. The van der Waals surface area contributed by atoms with Gasteiger partial charge >= 0.3 is 50.9 Å². The Morgan fingerprint density at radius 3 is 1.67 bits per heavy atom. The third-order valence-corrected chi connectivity index (χ3v) is 1.20. The van der Waals surface area contributed by atoms with Gasteiger partial charge in [0, 0.05) is 0 Å². The molecule has 50 valence electrons. The van der Waals surface area contributed by atoms with Crippen molar-refractivity contribution < 1.29 is 23.1 Å². The van der Waals surface area contributed by atoms with Crippen LogP contribution >= 0.6 is 0 Å². The standard InChI is InChI=1S/C2H2F3.CH2O2.Na/c1-2(3,4)5;2-1-3;/h1H2;1H,(H,2,3);. The second-order valence-corrected chi connectivity index (χ2v) is 1.78. The van der Waals surface area contributed by atoms with Gasteiger partial charge in [-0.05, 0) is 0 Å². The molecular formula is C3H4F3NaO2. The van der Waals surface area contributed by atoms with Crippen LogP contribution in [0.1, 0.15) is 0 Å². The minimum atomic E-state index is -3.90. The molecule has 0 rings (SSSR count). The fraction of sp³-hybridized carbons (Fsp3) is 0.667. The normalized spacial score (nSPS) is 9.44. The van der Waals surface area contributed by atoms with Gasteiger partial charge in [-0.15, -0.1) is 0 Å². The van der Waals surface area contributed by atoms with Crippen LogP contribution in [0.2, 0.25) is 3.67 Å². The Balaban J connectivity index is 0. The number of alkyl halides is 3. The number of halogens is 3. The topological polar surface area (TPSA) is 37.3 Å². The van der Waals surface area contributed by atoms with E-state index in [1.807, 2.05) is 0 Å². The third kappa shape index (κ3) is 30.5. The Labute approximate surface area is 67.5 Å². The maximum atomic E-state index is 10.8. The molecule has 0 unspecified atom stereocenters. The first-order valence-corrected chi connectivity index (χ1v) is 3.54. The molecule has 6 heteroatoms. The molecule has 0 amide bonds. The van der Waals surface area contributed by atoms with Crippen LogP contribution in [0.25, 0.3) is 0 Å². The quantitative estimate of drug-likeness (QED) is 0.412. The summed E-state index contributed by atoms with van der Waals surface area (Å²) in [5, 5.41) is 6.89. The van der Waals surface area contributed by atoms with Gasteiger partial charge in [-0.2, -0.15) is 0 Å². The predicted molar refractivity (Wildman–Crippen MR) is 25.3 cm³/mol. The van der Waals surface area contributed by atoms with Crippen LogP contribution in [-0.4, -0.2) is 45.7 Å². The van der Waals surface area contributed by atoms with Crippen molar-refractivity contribution in [2.75, 3.05) is 0 Å². The van der Waals surface area contributed by atoms with Gasteiger partial charge < -0.3 is 5.11 Å². The van der Waals surface area contributed by atoms with E-state index in [9.17, 15) is 13.2 Å². The molecule has 0 saturated carbocycles. The minimum absolute atomic E-state index is 0.223. The van der Waals surface area contributed by atoms with Crippen LogP contribution in [0, 0.1) is 0 Å². The molecule has 0 aromatic rings. The van der Waals surface area contributed by atoms with Gasteiger partial charge in [0.1, 0.15) is 0 Å². The molecule has 0 bridgehead atoms. The van der Waals surface area contributed by atoms with E-state index < -0.39 is 9.85 Å². The molecule has 0 heterocycles. The van der Waals surface area contributed by atoms with E-state index >= 15 is 0 Å². The Morgan fingerprint density at radius 1 is 1.56 bits per heavy atom. The van der Waals surface area contributed by atoms with Gasteiger partial charge in [-0.25, -0.2) is 0 Å². The molecule has 0 aromatic heterocycles. The summed E-state index contributed by atoms with van der Waals surface area (Å²) in [6, 6.07) is 0. The van der Waals surface area contributed by atoms with Crippen LogP contribution in [0.4, 0.5) is 13.2 Å². The predicted octanol–water partition coefficient (Wildman–Crippen LogP) is 0.836. The van der Waals surface area contributed by atoms with E-state index in [1.165, 1.54) is 0 Å². The summed E-state index contributed by atoms with van der Waals surface area (Å²) in [6.07, 6.45) is -3.90. The van der Waals surface area contributed by atoms with E-state index in [0.29, 0.717) is 0 Å². The first kappa shape index (κ1) is 12.0. The minimum Gasteiger partial charge on any atom is -0.483 e. The van der Waals surface area contributed by atoms with Gasteiger partial charge in [0.25, 0.3) is 6.47 Å². The molecule has 0 aliphatic carbocycles. The maximum Gasteiger partial charge on any atom is 0.290 e. The second-order valence-electron chi connectivity index (χ2n) is 1.07. The maximum absolute atomic E-state index is 10.8. The zero-order valence-corrected chi connectivity index (χ0v) is 6.77. The molecule has 0 radical (unpaired) electrons. The van der Waals surface area contributed by atoms with Crippen molar-refractivity contribution >= 4 is 34.4 Å². The number of hydrogen-bond donors (Lipinski definition) is 1. The molecule has 0 atom stereocenters. The Morgan fingerprint density at radius 2 is 1.67 bits per heavy atom. The van der Waals surface area contributed by atoms with Crippen LogP contribution in [0.5, 0.6) is 0 Å². The smallest absolute Gasteiger partial charge is 0.290 e. The summed E-state index contributed by atoms with van der Waals surface area (Å²) in [4.78, 5) is 8.36. The van der Waals surface area contributed by atoms with E-state index in [4.69, 9.17) is 9.90 Å². The molecule has 0 spiro atoms. The van der Waals surface area contributed by atoms with Crippen LogP contribution in [-0.2, 0) is 4.79 Å². The van der Waals surface area contributed by atoms with Crippen molar-refractivity contribution in [3.05, 3.63) is 0 Å². The van der Waals surface area contributed by atoms with Crippen molar-refractivity contribution in [3.63, 3.8) is 0 Å². The summed E-state index contributed by atoms with van der Waals surface area (Å²) < 4.78 is 31.9. The largest absolute Gasteiger partial charge is 0.483 e. The van der Waals surface area contributed by atoms with Crippen LogP contribution < -0.4 is 0 Å². The van der Waals surface area contributed by atoms with E-state index in [2.05, 4.69) is 0 Å². The summed E-state index contributed by atoms with van der Waals surface area (Å²) in [7, 11) is 0. The fourth-order valence-electron chi connectivity index (χ4n) is 0. The number of carboxylic acid groups (broad SMARTS) is 1. The molecule has 2 nitrogen and oxygen atoms in total. The molecule has 0 aliphatic rings. The first-order chi connectivity index (χ1) is 3.97. The van der Waals surface area contributed by atoms with E-state index in [0.717, 1.165) is 0 Å². The van der Waals surface area contributed by atoms with Crippen molar-refractivity contribution in [2.24, 2.45) is 0 Å². The van der Waals surface area contributed by atoms with Gasteiger partial charge in [-0.3, -0.25) is 4.79 Å². The van der Waals surface area contributed by atoms with Gasteiger partial charge in [0.15, 0.2) is 0 Å². The average Bonchev–Trinajstić information content (AvgIpc) is 1.67. The first-order valence-electron chi connectivity index (χ1n) is 2.12. The zero-order chi connectivity index (χ0) is 7.91. The molecular weight excluding hydrogens is 148 g/mol. The molecule has 0 saturated heterocycles. The monoisotopic (exact) mass is 152 g/mol. The molecule has 0 aromatic carbocycles. The van der Waals surface area contributed by atoms with Crippen molar-refractivity contribution in [3.8, 4) is 0 Å². The molecule has 0 fully saturated rings. The summed E-state index contributed by atoms with van der Waals surface area (Å²) >= 11 is 0.223. The Bertz CT molecular complexity index is 71.9. The van der Waals surface area contributed by atoms with Crippen LogP contribution in [0.3, 0.4) is 0 Å². The van der Waals surface area contributed by atoms with Gasteiger partial charge in [0.2, 0.25) is 0 Å². The Hall–Kier alpha value is 0.260. The SMILES string of the molecule is FC(F)(F)[CH2][Na].O=CO.